The van der Waals surface area contributed by atoms with Gasteiger partial charge in [0.25, 0.3) is 0 Å². The van der Waals surface area contributed by atoms with Gasteiger partial charge >= 0.3 is 0 Å². The summed E-state index contributed by atoms with van der Waals surface area (Å²) in [5.74, 6) is -5.03. The molecule has 1 aliphatic carbocycles. The molecule has 2 aliphatic heterocycles. The van der Waals surface area contributed by atoms with Crippen molar-refractivity contribution in [2.45, 2.75) is 11.7 Å². The molecule has 174 valence electrons. The van der Waals surface area contributed by atoms with Gasteiger partial charge in [0.1, 0.15) is 11.6 Å². The number of fused-ring (bicyclic) bond motifs is 3. The van der Waals surface area contributed by atoms with Crippen LogP contribution in [0.2, 0.25) is 0 Å². The van der Waals surface area contributed by atoms with Crippen molar-refractivity contribution in [3.8, 4) is 5.75 Å². The number of anilines is 1. The third-order valence-electron chi connectivity index (χ3n) is 7.05. The Morgan fingerprint density at radius 1 is 0.829 bits per heavy atom. The summed E-state index contributed by atoms with van der Waals surface area (Å²) >= 11 is 0. The van der Waals surface area contributed by atoms with Crippen LogP contribution in [0.4, 0.5) is 10.1 Å². The van der Waals surface area contributed by atoms with Crippen molar-refractivity contribution < 1.29 is 33.0 Å². The second kappa shape index (κ2) is 7.41. The second-order valence-corrected chi connectivity index (χ2v) is 8.74. The number of Topliss-reactive ketones (excluding diaryl/α,β-unsaturated/α-hetero) is 2. The van der Waals surface area contributed by atoms with E-state index in [1.165, 1.54) is 43.5 Å². The van der Waals surface area contributed by atoms with Gasteiger partial charge in [0, 0.05) is 11.1 Å². The van der Waals surface area contributed by atoms with Gasteiger partial charge in [-0.3, -0.25) is 19.2 Å². The van der Waals surface area contributed by atoms with E-state index in [0.29, 0.717) is 17.0 Å². The first-order valence-electron chi connectivity index (χ1n) is 11.0. The monoisotopic (exact) mass is 471 g/mol. The van der Waals surface area contributed by atoms with Crippen molar-refractivity contribution in [1.82, 2.24) is 0 Å². The van der Waals surface area contributed by atoms with Crippen LogP contribution in [0, 0.1) is 17.7 Å². The molecule has 0 saturated carbocycles. The first-order valence-corrected chi connectivity index (χ1v) is 11.0. The molecule has 2 heterocycles. The zero-order valence-corrected chi connectivity index (χ0v) is 18.4. The number of imide groups is 1. The molecule has 2 saturated heterocycles. The summed E-state index contributed by atoms with van der Waals surface area (Å²) in [6.07, 6.45) is -1.09. The number of hydrogen-bond acceptors (Lipinski definition) is 6. The van der Waals surface area contributed by atoms with Crippen molar-refractivity contribution in [1.29, 1.82) is 0 Å². The minimum atomic E-state index is -2.17. The second-order valence-electron chi connectivity index (χ2n) is 8.74. The third kappa shape index (κ3) is 2.74. The van der Waals surface area contributed by atoms with Crippen molar-refractivity contribution in [2.75, 3.05) is 12.0 Å². The summed E-state index contributed by atoms with van der Waals surface area (Å²) < 4.78 is 25.0. The Bertz CT molecular complexity index is 1380. The van der Waals surface area contributed by atoms with Crippen LogP contribution in [0.5, 0.6) is 5.75 Å². The Labute approximate surface area is 199 Å². The number of carbonyl (C=O) groups excluding carboxylic acids is 4. The van der Waals surface area contributed by atoms with Crippen molar-refractivity contribution >= 4 is 29.1 Å². The molecule has 35 heavy (non-hydrogen) atoms. The fourth-order valence-electron chi connectivity index (χ4n) is 5.46. The molecule has 0 unspecified atom stereocenters. The molecule has 6 rings (SSSR count). The van der Waals surface area contributed by atoms with E-state index in [-0.39, 0.29) is 11.1 Å². The molecule has 2 fully saturated rings. The zero-order valence-electron chi connectivity index (χ0n) is 18.4. The molecule has 7 nitrogen and oxygen atoms in total. The third-order valence-corrected chi connectivity index (χ3v) is 7.05. The number of rotatable bonds is 3. The number of carbonyl (C=O) groups is 4. The Hall–Kier alpha value is -4.17. The highest BCUT2D eigenvalue weighted by Gasteiger charge is 2.74. The van der Waals surface area contributed by atoms with E-state index in [1.807, 2.05) is 0 Å². The highest BCUT2D eigenvalue weighted by molar-refractivity contribution is 6.37. The summed E-state index contributed by atoms with van der Waals surface area (Å²) in [6, 6.07) is 17.9. The van der Waals surface area contributed by atoms with E-state index < -0.39 is 52.7 Å². The van der Waals surface area contributed by atoms with Gasteiger partial charge in [0.15, 0.2) is 0 Å². The van der Waals surface area contributed by atoms with Gasteiger partial charge in [-0.05, 0) is 42.0 Å². The van der Waals surface area contributed by atoms with Gasteiger partial charge in [-0.1, -0.05) is 36.4 Å². The van der Waals surface area contributed by atoms with E-state index in [9.17, 15) is 23.6 Å². The molecule has 3 atom stereocenters. The van der Waals surface area contributed by atoms with Crippen LogP contribution in [-0.2, 0) is 14.3 Å². The topological polar surface area (TPSA) is 90.0 Å². The quantitative estimate of drug-likeness (QED) is 0.429. The molecule has 0 N–H and O–H groups in total. The van der Waals surface area contributed by atoms with Crippen LogP contribution in [-0.4, -0.2) is 36.1 Å². The lowest BCUT2D eigenvalue weighted by Crippen LogP contribution is -2.51. The van der Waals surface area contributed by atoms with Gasteiger partial charge in [-0.25, -0.2) is 9.29 Å². The molecule has 3 aromatic carbocycles. The lowest BCUT2D eigenvalue weighted by atomic mass is 9.77. The van der Waals surface area contributed by atoms with Crippen molar-refractivity contribution in [2.24, 2.45) is 11.8 Å². The standard InChI is InChI=1S/C27H18FNO6/c1-34-17-12-10-16(11-13-17)29-25(32)20-21(26(29)33)27(35-22(20)14-6-8-15(28)9-7-14)23(30)18-4-2-3-5-19(18)24(27)31/h2-13,20-22H,1H3/t20-,21-,22-/m1/s1. The Morgan fingerprint density at radius 2 is 1.43 bits per heavy atom. The largest absolute Gasteiger partial charge is 0.497 e. The SMILES string of the molecule is COc1ccc(N2C(=O)[C@H]3[C@@H](c4ccc(F)cc4)OC4(C(=O)c5ccccc5C4=O)[C@H]3C2=O)cc1. The Morgan fingerprint density at radius 3 is 2.00 bits per heavy atom. The predicted molar refractivity (Wildman–Crippen MR) is 121 cm³/mol. The van der Waals surface area contributed by atoms with Crippen LogP contribution in [0.25, 0.3) is 0 Å². The number of amides is 2. The smallest absolute Gasteiger partial charge is 0.241 e. The van der Waals surface area contributed by atoms with E-state index in [1.54, 1.807) is 36.4 Å². The highest BCUT2D eigenvalue weighted by Crippen LogP contribution is 2.57. The number of ketones is 2. The lowest BCUT2D eigenvalue weighted by molar-refractivity contribution is -0.127. The summed E-state index contributed by atoms with van der Waals surface area (Å²) in [7, 11) is 1.49. The fourth-order valence-corrected chi connectivity index (χ4v) is 5.46. The molecule has 0 bridgehead atoms. The maximum absolute atomic E-state index is 13.8. The summed E-state index contributed by atoms with van der Waals surface area (Å²) in [5, 5.41) is 0. The molecular weight excluding hydrogens is 453 g/mol. The number of halogens is 1. The Balaban J connectivity index is 1.52. The first kappa shape index (κ1) is 21.4. The lowest BCUT2D eigenvalue weighted by Gasteiger charge is -2.27. The average molecular weight is 471 g/mol. The van der Waals surface area contributed by atoms with Crippen LogP contribution >= 0.6 is 0 Å². The minimum absolute atomic E-state index is 0.152. The summed E-state index contributed by atoms with van der Waals surface area (Å²) in [4.78, 5) is 55.9. The molecule has 0 radical (unpaired) electrons. The van der Waals surface area contributed by atoms with Gasteiger partial charge in [-0.2, -0.15) is 0 Å². The number of ether oxygens (including phenoxy) is 2. The molecule has 0 aromatic heterocycles. The summed E-state index contributed by atoms with van der Waals surface area (Å²) in [6.45, 7) is 0. The Kier molecular flexibility index (Phi) is 4.53. The summed E-state index contributed by atoms with van der Waals surface area (Å²) in [5.41, 5.74) is -1.18. The molecule has 3 aromatic rings. The number of hydrogen-bond donors (Lipinski definition) is 0. The van der Waals surface area contributed by atoms with E-state index >= 15 is 0 Å². The van der Waals surface area contributed by atoms with Crippen LogP contribution in [0.3, 0.4) is 0 Å². The highest BCUT2D eigenvalue weighted by atomic mass is 19.1. The van der Waals surface area contributed by atoms with Crippen LogP contribution in [0.15, 0.2) is 72.8 Å². The van der Waals surface area contributed by atoms with Gasteiger partial charge in [0.05, 0.1) is 30.7 Å². The number of nitrogens with zero attached hydrogens (tertiary/aromatic N) is 1. The van der Waals surface area contributed by atoms with Crippen molar-refractivity contribution in [3.05, 3.63) is 95.3 Å². The molecular formula is C27H18FNO6. The van der Waals surface area contributed by atoms with Crippen molar-refractivity contribution in [3.63, 3.8) is 0 Å². The van der Waals surface area contributed by atoms with Crippen LogP contribution in [0.1, 0.15) is 32.4 Å². The maximum Gasteiger partial charge on any atom is 0.241 e. The zero-order chi connectivity index (χ0) is 24.5. The van der Waals surface area contributed by atoms with E-state index in [2.05, 4.69) is 0 Å². The van der Waals surface area contributed by atoms with Crippen LogP contribution < -0.4 is 9.64 Å². The molecule has 8 heteroatoms. The first-order chi connectivity index (χ1) is 16.9. The fraction of sp³-hybridized carbons (Fsp3) is 0.185. The maximum atomic E-state index is 13.8. The van der Waals surface area contributed by atoms with Gasteiger partial charge < -0.3 is 9.47 Å². The van der Waals surface area contributed by atoms with Gasteiger partial charge in [-0.15, -0.1) is 0 Å². The molecule has 2 amide bonds. The predicted octanol–water partition coefficient (Wildman–Crippen LogP) is 3.53. The molecule has 3 aliphatic rings. The van der Waals surface area contributed by atoms with Gasteiger partial charge in [0.2, 0.25) is 29.0 Å². The van der Waals surface area contributed by atoms with E-state index in [0.717, 1.165) is 4.90 Å². The number of benzene rings is 3. The average Bonchev–Trinajstić information content (AvgIpc) is 3.44. The minimum Gasteiger partial charge on any atom is -0.497 e. The number of methoxy groups -OCH3 is 1. The van der Waals surface area contributed by atoms with E-state index in [4.69, 9.17) is 9.47 Å². The molecule has 1 spiro atoms. The normalized spacial score (nSPS) is 24.3.